The molecule has 3 saturated heterocycles. The summed E-state index contributed by atoms with van der Waals surface area (Å²) in [6.45, 7) is 9.83. The number of hydrogen-bond acceptors (Lipinski definition) is 13. The van der Waals surface area contributed by atoms with E-state index in [9.17, 15) is 15.0 Å². The Hall–Kier alpha value is -1.75. The van der Waals surface area contributed by atoms with Crippen LogP contribution in [0.5, 0.6) is 0 Å². The fourth-order valence-electron chi connectivity index (χ4n) is 10.6. The van der Waals surface area contributed by atoms with Gasteiger partial charge in [0, 0.05) is 58.0 Å². The number of aryl methyl sites for hydroxylation is 1. The third-order valence-electron chi connectivity index (χ3n) is 13.6. The Labute approximate surface area is 319 Å². The second-order valence-electron chi connectivity index (χ2n) is 16.7. The van der Waals surface area contributed by atoms with E-state index >= 15 is 0 Å². The van der Waals surface area contributed by atoms with Crippen molar-refractivity contribution in [2.24, 2.45) is 17.3 Å². The van der Waals surface area contributed by atoms with E-state index in [0.29, 0.717) is 37.9 Å². The van der Waals surface area contributed by atoms with Crippen LogP contribution in [-0.2, 0) is 47.4 Å². The van der Waals surface area contributed by atoms with Crippen molar-refractivity contribution in [3.05, 3.63) is 35.3 Å². The monoisotopic (exact) mass is 762 g/mol. The van der Waals surface area contributed by atoms with E-state index in [2.05, 4.69) is 13.0 Å². The minimum atomic E-state index is -0.730. The summed E-state index contributed by atoms with van der Waals surface area (Å²) in [5.41, 5.74) is 2.03. The van der Waals surface area contributed by atoms with E-state index in [4.69, 9.17) is 47.0 Å². The molecular formula is C41H62O13. The van der Waals surface area contributed by atoms with Gasteiger partial charge in [-0.05, 0) is 77.2 Å². The van der Waals surface area contributed by atoms with Gasteiger partial charge in [-0.2, -0.15) is 0 Å². The van der Waals surface area contributed by atoms with Crippen molar-refractivity contribution in [3.63, 3.8) is 0 Å². The number of methoxy groups -OCH3 is 3. The van der Waals surface area contributed by atoms with Crippen LogP contribution in [0.4, 0.5) is 0 Å². The molecular weight excluding hydrogens is 700 g/mol. The van der Waals surface area contributed by atoms with Crippen LogP contribution in [-0.4, -0.2) is 123 Å². The maximum absolute atomic E-state index is 13.8. The molecule has 2 N–H and O–H groups in total. The fourth-order valence-corrected chi connectivity index (χ4v) is 10.6. The number of ketones is 1. The fraction of sp³-hybridized carbons (Fsp3) is 0.829. The van der Waals surface area contributed by atoms with Gasteiger partial charge in [0.15, 0.2) is 18.9 Å². The maximum Gasteiger partial charge on any atom is 0.161 e. The lowest BCUT2D eigenvalue weighted by molar-refractivity contribution is -0.339. The third-order valence-corrected chi connectivity index (χ3v) is 13.6. The number of carbonyl (C=O) groups is 1. The summed E-state index contributed by atoms with van der Waals surface area (Å²) in [5, 5.41) is 22.0. The molecule has 13 heteroatoms. The van der Waals surface area contributed by atoms with Crippen LogP contribution in [0.25, 0.3) is 0 Å². The van der Waals surface area contributed by atoms with E-state index in [1.54, 1.807) is 34.5 Å². The molecule has 304 valence electrons. The zero-order chi connectivity index (χ0) is 38.5. The molecule has 4 heterocycles. The molecule has 0 unspecified atom stereocenters. The van der Waals surface area contributed by atoms with Crippen molar-refractivity contribution in [2.75, 3.05) is 21.3 Å². The smallest absolute Gasteiger partial charge is 0.161 e. The zero-order valence-corrected chi connectivity index (χ0v) is 33.1. The number of Topliss-reactive ketones (excluding diaryl/α,β-unsaturated/α-hetero) is 1. The van der Waals surface area contributed by atoms with E-state index in [1.807, 2.05) is 26.8 Å². The van der Waals surface area contributed by atoms with Crippen LogP contribution in [0.1, 0.15) is 96.3 Å². The second-order valence-corrected chi connectivity index (χ2v) is 16.7. The highest BCUT2D eigenvalue weighted by molar-refractivity contribution is 5.89. The largest absolute Gasteiger partial charge is 0.469 e. The number of aliphatic hydroxyl groups is 2. The molecule has 2 saturated carbocycles. The van der Waals surface area contributed by atoms with Gasteiger partial charge in [0.25, 0.3) is 0 Å². The summed E-state index contributed by atoms with van der Waals surface area (Å²) in [4.78, 5) is 13.8. The molecule has 0 aromatic carbocycles. The van der Waals surface area contributed by atoms with Crippen LogP contribution in [0.15, 0.2) is 28.4 Å². The molecule has 18 atom stereocenters. The molecule has 3 aliphatic carbocycles. The number of aliphatic hydroxyl groups excluding tert-OH is 2. The van der Waals surface area contributed by atoms with Crippen molar-refractivity contribution in [3.8, 4) is 0 Å². The second kappa shape index (κ2) is 16.6. The van der Waals surface area contributed by atoms with Crippen LogP contribution >= 0.6 is 0 Å². The van der Waals surface area contributed by atoms with Gasteiger partial charge in [0.2, 0.25) is 0 Å². The Morgan fingerprint density at radius 1 is 0.778 bits per heavy atom. The Morgan fingerprint density at radius 3 is 1.93 bits per heavy atom. The van der Waals surface area contributed by atoms with Crippen LogP contribution in [0, 0.1) is 24.2 Å². The van der Waals surface area contributed by atoms with E-state index < -0.39 is 67.7 Å². The Bertz CT molecular complexity index is 1460. The zero-order valence-electron chi connectivity index (χ0n) is 33.1. The predicted octanol–water partition coefficient (Wildman–Crippen LogP) is 4.72. The summed E-state index contributed by atoms with van der Waals surface area (Å²) in [6.07, 6.45) is 1.97. The van der Waals surface area contributed by atoms with Gasteiger partial charge in [-0.25, -0.2) is 0 Å². The highest BCUT2D eigenvalue weighted by Gasteiger charge is 2.55. The van der Waals surface area contributed by atoms with Crippen LogP contribution < -0.4 is 0 Å². The highest BCUT2D eigenvalue weighted by atomic mass is 16.7. The van der Waals surface area contributed by atoms with E-state index in [-0.39, 0.29) is 41.5 Å². The number of ether oxygens (including phenoxy) is 9. The topological polar surface area (TPSA) is 154 Å². The van der Waals surface area contributed by atoms with Crippen molar-refractivity contribution >= 4 is 5.78 Å². The molecule has 0 radical (unpaired) electrons. The molecule has 5 fully saturated rings. The van der Waals surface area contributed by atoms with Gasteiger partial charge in [-0.1, -0.05) is 18.6 Å². The van der Waals surface area contributed by atoms with Crippen molar-refractivity contribution in [1.82, 2.24) is 0 Å². The number of hydrogen-bond donors (Lipinski definition) is 2. The lowest BCUT2D eigenvalue weighted by Crippen LogP contribution is -2.57. The standard InChI is InChI=1S/C41H62O13/c1-20-25(13-14-48-20)26-11-12-28-27(38(26)44)10-9-24-15-30(29(42)19-41(24,28)5)52-34-17-32(46-7)39(22(3)50-34)54-36-18-33(47-8)40(23(4)51-36)53-35-16-31(45-6)37(43)21(2)49-35/h9,13-14,21-23,26-37,39-40,42-43H,10-12,15-19H2,1-8H3/t21-,22-,23-,26-,27-,28+,29-,30-,31-,32+,33+,34+,35+,36+,37-,39-,40-,41+/m1/s1. The van der Waals surface area contributed by atoms with Crippen molar-refractivity contribution in [2.45, 2.75) is 178 Å². The van der Waals surface area contributed by atoms with E-state index in [0.717, 1.165) is 30.6 Å². The SMILES string of the molecule is CO[C@H]1C[C@H](O[C@H]2[C@@H](OC)C[C@H](O[C@@H]3CC4=CC[C@H]5C(=O)[C@@H](c6ccoc6C)CC[C@@H]5[C@@]4(C)C[C@H]3O)O[C@@H]2C)O[C@H](C)[C@H]1O[C@H]1C[C@@H](OC)[C@H](O)[C@@H](C)O1. The Morgan fingerprint density at radius 2 is 1.35 bits per heavy atom. The molecule has 0 amide bonds. The first-order chi connectivity index (χ1) is 25.8. The molecule has 1 aromatic rings. The number of fused-ring (bicyclic) bond motifs is 3. The highest BCUT2D eigenvalue weighted by Crippen LogP contribution is 2.58. The van der Waals surface area contributed by atoms with Gasteiger partial charge in [-0.3, -0.25) is 4.79 Å². The van der Waals surface area contributed by atoms with Gasteiger partial charge in [-0.15, -0.1) is 0 Å². The van der Waals surface area contributed by atoms with Gasteiger partial charge in [0.1, 0.15) is 29.9 Å². The summed E-state index contributed by atoms with van der Waals surface area (Å²) >= 11 is 0. The van der Waals surface area contributed by atoms with E-state index in [1.165, 1.54) is 5.57 Å². The molecule has 13 nitrogen and oxygen atoms in total. The van der Waals surface area contributed by atoms with Crippen molar-refractivity contribution < 1.29 is 62.1 Å². The van der Waals surface area contributed by atoms with Gasteiger partial charge in [0.05, 0.1) is 55.1 Å². The third kappa shape index (κ3) is 7.77. The first kappa shape index (κ1) is 40.4. The molecule has 7 rings (SSSR count). The van der Waals surface area contributed by atoms with Crippen LogP contribution in [0.3, 0.4) is 0 Å². The van der Waals surface area contributed by atoms with Gasteiger partial charge >= 0.3 is 0 Å². The quantitative estimate of drug-likeness (QED) is 0.317. The maximum atomic E-state index is 13.8. The summed E-state index contributed by atoms with van der Waals surface area (Å²) < 4.78 is 61.0. The lowest BCUT2D eigenvalue weighted by atomic mass is 9.51. The van der Waals surface area contributed by atoms with Crippen molar-refractivity contribution in [1.29, 1.82) is 0 Å². The number of rotatable bonds is 10. The molecule has 0 bridgehead atoms. The first-order valence-corrected chi connectivity index (χ1v) is 20.0. The molecule has 0 spiro atoms. The summed E-state index contributed by atoms with van der Waals surface area (Å²) in [5.74, 6) is 1.15. The normalized spacial score (nSPS) is 47.1. The average molecular weight is 763 g/mol. The molecule has 3 aliphatic heterocycles. The number of allylic oxidation sites excluding steroid dienone is 1. The first-order valence-electron chi connectivity index (χ1n) is 20.0. The predicted molar refractivity (Wildman–Crippen MR) is 193 cm³/mol. The number of carbonyl (C=O) groups excluding carboxylic acids is 1. The Kier molecular flexibility index (Phi) is 12.4. The molecule has 54 heavy (non-hydrogen) atoms. The minimum Gasteiger partial charge on any atom is -0.469 e. The summed E-state index contributed by atoms with van der Waals surface area (Å²) in [7, 11) is 4.88. The number of furan rings is 1. The van der Waals surface area contributed by atoms with Crippen LogP contribution in [0.2, 0.25) is 0 Å². The van der Waals surface area contributed by atoms with Gasteiger partial charge < -0.3 is 57.3 Å². The summed E-state index contributed by atoms with van der Waals surface area (Å²) in [6, 6.07) is 1.94. The lowest BCUT2D eigenvalue weighted by Gasteiger charge is -2.54. The Balaban J connectivity index is 0.942. The average Bonchev–Trinajstić information content (AvgIpc) is 3.57. The molecule has 6 aliphatic rings. The minimum absolute atomic E-state index is 0.0551. The molecule has 1 aromatic heterocycles.